The molecule has 0 saturated carbocycles. The van der Waals surface area contributed by atoms with Gasteiger partial charge in [-0.3, -0.25) is 4.79 Å². The van der Waals surface area contributed by atoms with Gasteiger partial charge in [-0.1, -0.05) is 30.3 Å². The summed E-state index contributed by atoms with van der Waals surface area (Å²) in [6.07, 6.45) is -4.92. The topological polar surface area (TPSA) is 78.8 Å². The van der Waals surface area contributed by atoms with E-state index < -0.39 is 40.3 Å². The molecule has 1 heterocycles. The van der Waals surface area contributed by atoms with E-state index in [1.807, 2.05) is 0 Å². The van der Waals surface area contributed by atoms with Gasteiger partial charge in [0.2, 0.25) is 5.91 Å². The number of phenols is 2. The number of nitrogens with one attached hydrogen (secondary N) is 1. The van der Waals surface area contributed by atoms with Gasteiger partial charge in [0.15, 0.2) is 0 Å². The SMILES string of the molecule is O=C1Nc2c(ccc(Oc3ccc(F)cc3)c2C(F)(F)F)C1(c1ccc(O)cc1)c1ccc(O)cc1. The molecular weight excluding hydrogens is 478 g/mol. The fourth-order valence-corrected chi connectivity index (χ4v) is 4.51. The number of amides is 1. The van der Waals surface area contributed by atoms with Crippen LogP contribution in [-0.4, -0.2) is 16.1 Å². The number of hydrogen-bond donors (Lipinski definition) is 3. The minimum Gasteiger partial charge on any atom is -0.508 e. The molecule has 0 fully saturated rings. The van der Waals surface area contributed by atoms with Crippen LogP contribution in [0.15, 0.2) is 84.9 Å². The van der Waals surface area contributed by atoms with Gasteiger partial charge in [0.05, 0.1) is 5.69 Å². The predicted molar refractivity (Wildman–Crippen MR) is 123 cm³/mol. The molecule has 1 aliphatic rings. The van der Waals surface area contributed by atoms with Crippen LogP contribution in [0.3, 0.4) is 0 Å². The number of alkyl halides is 3. The number of benzene rings is 4. The molecule has 0 radical (unpaired) electrons. The number of rotatable bonds is 4. The molecule has 3 N–H and O–H groups in total. The van der Waals surface area contributed by atoms with E-state index in [9.17, 15) is 32.6 Å². The molecule has 4 aromatic carbocycles. The third-order valence-electron chi connectivity index (χ3n) is 6.08. The maximum Gasteiger partial charge on any atom is 0.422 e. The van der Waals surface area contributed by atoms with Crippen molar-refractivity contribution in [3.05, 3.63) is 113 Å². The third-order valence-corrected chi connectivity index (χ3v) is 6.08. The number of anilines is 1. The second-order valence-corrected chi connectivity index (χ2v) is 8.21. The molecule has 182 valence electrons. The number of carbonyl (C=O) groups excluding carboxylic acids is 1. The highest BCUT2D eigenvalue weighted by molar-refractivity contribution is 6.12. The van der Waals surface area contributed by atoms with Crippen molar-refractivity contribution in [2.45, 2.75) is 11.6 Å². The summed E-state index contributed by atoms with van der Waals surface area (Å²) in [7, 11) is 0. The van der Waals surface area contributed by atoms with Crippen molar-refractivity contribution < 1.29 is 37.3 Å². The number of carbonyl (C=O) groups is 1. The van der Waals surface area contributed by atoms with Crippen LogP contribution in [-0.2, 0) is 16.4 Å². The maximum atomic E-state index is 14.4. The number of fused-ring (bicyclic) bond motifs is 1. The van der Waals surface area contributed by atoms with Gasteiger partial charge >= 0.3 is 6.18 Å². The Balaban J connectivity index is 1.77. The molecule has 0 bridgehead atoms. The van der Waals surface area contributed by atoms with Crippen LogP contribution in [0.2, 0.25) is 0 Å². The number of halogens is 4. The first-order chi connectivity index (χ1) is 17.1. The van der Waals surface area contributed by atoms with Gasteiger partial charge in [-0.15, -0.1) is 0 Å². The lowest BCUT2D eigenvalue weighted by molar-refractivity contribution is -0.137. The van der Waals surface area contributed by atoms with Crippen LogP contribution in [0.1, 0.15) is 22.3 Å². The van der Waals surface area contributed by atoms with E-state index in [4.69, 9.17) is 4.74 Å². The summed E-state index contributed by atoms with van der Waals surface area (Å²) in [5.74, 6) is -2.09. The summed E-state index contributed by atoms with van der Waals surface area (Å²) in [6.45, 7) is 0. The molecule has 5 nitrogen and oxygen atoms in total. The van der Waals surface area contributed by atoms with E-state index in [1.165, 1.54) is 66.7 Å². The largest absolute Gasteiger partial charge is 0.508 e. The van der Waals surface area contributed by atoms with Crippen LogP contribution < -0.4 is 10.1 Å². The van der Waals surface area contributed by atoms with Crippen molar-refractivity contribution in [1.29, 1.82) is 0 Å². The Labute approximate surface area is 202 Å². The van der Waals surface area contributed by atoms with Crippen molar-refractivity contribution in [2.24, 2.45) is 0 Å². The van der Waals surface area contributed by atoms with E-state index in [2.05, 4.69) is 5.32 Å². The summed E-state index contributed by atoms with van der Waals surface area (Å²) in [6, 6.07) is 18.1. The Morgan fingerprint density at radius 2 is 1.28 bits per heavy atom. The molecule has 36 heavy (non-hydrogen) atoms. The molecule has 0 unspecified atom stereocenters. The second kappa shape index (κ2) is 8.30. The number of hydrogen-bond acceptors (Lipinski definition) is 4. The standard InChI is InChI=1S/C27H17F4NO4/c28-17-5-11-20(12-6-17)36-22-14-13-21-24(23(22)27(29,30)31)32-25(35)26(21,15-1-7-18(33)8-2-15)16-3-9-19(34)10-4-16/h1-14,33-34H,(H,32,35). The van der Waals surface area contributed by atoms with E-state index >= 15 is 0 Å². The van der Waals surface area contributed by atoms with E-state index in [0.717, 1.165) is 18.2 Å². The highest BCUT2D eigenvalue weighted by Gasteiger charge is 2.53. The normalized spacial score (nSPS) is 14.3. The summed E-state index contributed by atoms with van der Waals surface area (Å²) >= 11 is 0. The molecule has 5 rings (SSSR count). The molecule has 0 spiro atoms. The molecule has 9 heteroatoms. The first kappa shape index (κ1) is 23.2. The fourth-order valence-electron chi connectivity index (χ4n) is 4.51. The van der Waals surface area contributed by atoms with Gasteiger partial charge < -0.3 is 20.3 Å². The highest BCUT2D eigenvalue weighted by Crippen LogP contribution is 2.54. The van der Waals surface area contributed by atoms with Gasteiger partial charge in [-0.2, -0.15) is 13.2 Å². The van der Waals surface area contributed by atoms with Gasteiger partial charge in [0.25, 0.3) is 0 Å². The van der Waals surface area contributed by atoms with Crippen molar-refractivity contribution in [3.63, 3.8) is 0 Å². The van der Waals surface area contributed by atoms with Crippen molar-refractivity contribution >= 4 is 11.6 Å². The van der Waals surface area contributed by atoms with Crippen LogP contribution in [0.25, 0.3) is 0 Å². The Bertz CT molecular complexity index is 1400. The van der Waals surface area contributed by atoms with Gasteiger partial charge in [-0.25, -0.2) is 4.39 Å². The van der Waals surface area contributed by atoms with E-state index in [-0.39, 0.29) is 22.8 Å². The second-order valence-electron chi connectivity index (χ2n) is 8.21. The monoisotopic (exact) mass is 495 g/mol. The van der Waals surface area contributed by atoms with Crippen molar-refractivity contribution in [3.8, 4) is 23.0 Å². The molecule has 1 aliphatic heterocycles. The van der Waals surface area contributed by atoms with Gasteiger partial charge in [0.1, 0.15) is 39.8 Å². The van der Waals surface area contributed by atoms with Crippen LogP contribution in [0.4, 0.5) is 23.2 Å². The lowest BCUT2D eigenvalue weighted by Crippen LogP contribution is -2.36. The lowest BCUT2D eigenvalue weighted by Gasteiger charge is -2.29. The quantitative estimate of drug-likeness (QED) is 0.289. The van der Waals surface area contributed by atoms with Crippen molar-refractivity contribution in [2.75, 3.05) is 5.32 Å². The maximum absolute atomic E-state index is 14.4. The van der Waals surface area contributed by atoms with Crippen LogP contribution >= 0.6 is 0 Å². The number of aromatic hydroxyl groups is 2. The molecular formula is C27H17F4NO4. The predicted octanol–water partition coefficient (Wildman–Crippen LogP) is 6.33. The molecule has 0 atom stereocenters. The minimum absolute atomic E-state index is 0.0164. The Kier molecular flexibility index (Phi) is 5.35. The summed E-state index contributed by atoms with van der Waals surface area (Å²) in [5.41, 5.74) is -2.76. The third kappa shape index (κ3) is 3.69. The Hall–Kier alpha value is -4.53. The highest BCUT2D eigenvalue weighted by atomic mass is 19.4. The number of phenolic OH excluding ortho intramolecular Hbond substituents is 2. The zero-order valence-corrected chi connectivity index (χ0v) is 18.3. The molecule has 1 amide bonds. The summed E-state index contributed by atoms with van der Waals surface area (Å²) in [4.78, 5) is 13.6. The average Bonchev–Trinajstić information content (AvgIpc) is 3.13. The zero-order chi connectivity index (χ0) is 25.7. The summed E-state index contributed by atoms with van der Waals surface area (Å²) < 4.78 is 61.9. The fraction of sp³-hybridized carbons (Fsp3) is 0.0741. The van der Waals surface area contributed by atoms with Gasteiger partial charge in [0, 0.05) is 5.56 Å². The lowest BCUT2D eigenvalue weighted by atomic mass is 9.70. The first-order valence-electron chi connectivity index (χ1n) is 10.7. The Morgan fingerprint density at radius 3 is 1.78 bits per heavy atom. The molecule has 0 saturated heterocycles. The summed E-state index contributed by atoms with van der Waals surface area (Å²) in [5, 5.41) is 21.9. The van der Waals surface area contributed by atoms with E-state index in [1.54, 1.807) is 0 Å². The molecule has 0 aliphatic carbocycles. The first-order valence-corrected chi connectivity index (χ1v) is 10.7. The van der Waals surface area contributed by atoms with Crippen LogP contribution in [0.5, 0.6) is 23.0 Å². The van der Waals surface area contributed by atoms with Gasteiger partial charge in [-0.05, 0) is 65.7 Å². The van der Waals surface area contributed by atoms with Crippen LogP contribution in [0, 0.1) is 5.82 Å². The molecule has 0 aromatic heterocycles. The van der Waals surface area contributed by atoms with Crippen molar-refractivity contribution in [1.82, 2.24) is 0 Å². The smallest absolute Gasteiger partial charge is 0.422 e. The molecule has 4 aromatic rings. The number of ether oxygens (including phenoxy) is 1. The average molecular weight is 495 g/mol. The zero-order valence-electron chi connectivity index (χ0n) is 18.3. The Morgan fingerprint density at radius 1 is 0.750 bits per heavy atom. The minimum atomic E-state index is -4.92. The van der Waals surface area contributed by atoms with E-state index in [0.29, 0.717) is 11.1 Å².